The maximum Gasteiger partial charge on any atom is 0.255 e. The number of amides is 1. The zero-order chi connectivity index (χ0) is 17.0. The number of ether oxygens (including phenoxy) is 1. The number of anilines is 1. The predicted molar refractivity (Wildman–Crippen MR) is 93.9 cm³/mol. The smallest absolute Gasteiger partial charge is 0.255 e. The van der Waals surface area contributed by atoms with Crippen LogP contribution in [0.3, 0.4) is 0 Å². The lowest BCUT2D eigenvalue weighted by molar-refractivity contribution is 0.0943. The molecule has 5 nitrogen and oxygen atoms in total. The topological polar surface area (TPSA) is 76.4 Å². The minimum atomic E-state index is -0.0959. The van der Waals surface area contributed by atoms with E-state index in [1.54, 1.807) is 19.2 Å². The first-order chi connectivity index (χ1) is 10.8. The summed E-state index contributed by atoms with van der Waals surface area (Å²) in [5, 5.41) is 6.61. The summed E-state index contributed by atoms with van der Waals surface area (Å²) in [6.45, 7) is 8.05. The molecule has 1 atom stereocenters. The standard InChI is InChI=1S/C18H29N3O2/c1-12-9-14(16(23-4)10-15(12)19)17(22)20-11-13-5-7-18(2,3)21-8-6-13/h9-10,13,21H,5-8,11,19H2,1-4H3,(H,20,22). The van der Waals surface area contributed by atoms with Crippen LogP contribution in [0.5, 0.6) is 5.75 Å². The lowest BCUT2D eigenvalue weighted by Crippen LogP contribution is -2.37. The van der Waals surface area contributed by atoms with E-state index in [2.05, 4.69) is 24.5 Å². The largest absolute Gasteiger partial charge is 0.496 e. The number of aryl methyl sites for hydroxylation is 1. The van der Waals surface area contributed by atoms with Crippen LogP contribution in [0.1, 0.15) is 49.0 Å². The molecular weight excluding hydrogens is 290 g/mol. The van der Waals surface area contributed by atoms with Gasteiger partial charge in [-0.2, -0.15) is 0 Å². The van der Waals surface area contributed by atoms with Crippen molar-refractivity contribution in [1.29, 1.82) is 0 Å². The van der Waals surface area contributed by atoms with Gasteiger partial charge in [0.15, 0.2) is 0 Å². The summed E-state index contributed by atoms with van der Waals surface area (Å²) in [4.78, 5) is 12.5. The van der Waals surface area contributed by atoms with E-state index in [0.29, 0.717) is 29.5 Å². The van der Waals surface area contributed by atoms with Crippen molar-refractivity contribution < 1.29 is 9.53 Å². The van der Waals surface area contributed by atoms with E-state index in [1.165, 1.54) is 0 Å². The van der Waals surface area contributed by atoms with Gasteiger partial charge in [0.25, 0.3) is 5.91 Å². The minimum Gasteiger partial charge on any atom is -0.496 e. The molecule has 5 heteroatoms. The Hall–Kier alpha value is -1.75. The molecule has 0 saturated carbocycles. The zero-order valence-corrected chi connectivity index (χ0v) is 14.7. The fourth-order valence-electron chi connectivity index (χ4n) is 3.00. The highest BCUT2D eigenvalue weighted by molar-refractivity contribution is 5.97. The van der Waals surface area contributed by atoms with E-state index in [1.807, 2.05) is 6.92 Å². The summed E-state index contributed by atoms with van der Waals surface area (Å²) in [7, 11) is 1.56. The van der Waals surface area contributed by atoms with Crippen LogP contribution in [-0.4, -0.2) is 31.6 Å². The van der Waals surface area contributed by atoms with Crippen molar-refractivity contribution in [3.05, 3.63) is 23.3 Å². The first-order valence-corrected chi connectivity index (χ1v) is 8.30. The van der Waals surface area contributed by atoms with Crippen molar-refractivity contribution in [2.45, 2.75) is 45.6 Å². The number of hydrogen-bond acceptors (Lipinski definition) is 4. The Bertz CT molecular complexity index is 570. The molecule has 2 rings (SSSR count). The number of carbonyl (C=O) groups excluding carboxylic acids is 1. The number of carbonyl (C=O) groups is 1. The number of rotatable bonds is 4. The van der Waals surface area contributed by atoms with Gasteiger partial charge in [0, 0.05) is 23.8 Å². The number of nitrogens with two attached hydrogens (primary N) is 1. The third-order valence-electron chi connectivity index (χ3n) is 4.72. The molecule has 1 aromatic carbocycles. The van der Waals surface area contributed by atoms with E-state index in [4.69, 9.17) is 10.5 Å². The van der Waals surface area contributed by atoms with Crippen LogP contribution >= 0.6 is 0 Å². The van der Waals surface area contributed by atoms with Gasteiger partial charge >= 0.3 is 0 Å². The van der Waals surface area contributed by atoms with Gasteiger partial charge in [0.1, 0.15) is 5.75 Å². The molecule has 1 aliphatic rings. The van der Waals surface area contributed by atoms with Crippen LogP contribution in [0, 0.1) is 12.8 Å². The van der Waals surface area contributed by atoms with E-state index in [0.717, 1.165) is 31.4 Å². The van der Waals surface area contributed by atoms with Gasteiger partial charge in [-0.1, -0.05) is 0 Å². The van der Waals surface area contributed by atoms with Crippen LogP contribution in [0.2, 0.25) is 0 Å². The normalized spacial score (nSPS) is 20.6. The SMILES string of the molecule is COc1cc(N)c(C)cc1C(=O)NCC1CCNC(C)(C)CC1. The van der Waals surface area contributed by atoms with E-state index in [9.17, 15) is 4.79 Å². The summed E-state index contributed by atoms with van der Waals surface area (Å²) >= 11 is 0. The number of methoxy groups -OCH3 is 1. The molecule has 0 spiro atoms. The van der Waals surface area contributed by atoms with Crippen LogP contribution in [0.4, 0.5) is 5.69 Å². The molecule has 1 aromatic rings. The minimum absolute atomic E-state index is 0.0959. The highest BCUT2D eigenvalue weighted by Crippen LogP contribution is 2.26. The first-order valence-electron chi connectivity index (χ1n) is 8.30. The maximum absolute atomic E-state index is 12.5. The average molecular weight is 319 g/mol. The van der Waals surface area contributed by atoms with Gasteiger partial charge in [-0.25, -0.2) is 0 Å². The third-order valence-corrected chi connectivity index (χ3v) is 4.72. The monoisotopic (exact) mass is 319 g/mol. The summed E-state index contributed by atoms with van der Waals surface area (Å²) < 4.78 is 5.29. The van der Waals surface area contributed by atoms with Gasteiger partial charge < -0.3 is 21.1 Å². The predicted octanol–water partition coefficient (Wildman–Crippen LogP) is 2.48. The van der Waals surface area contributed by atoms with E-state index >= 15 is 0 Å². The van der Waals surface area contributed by atoms with Crippen molar-refractivity contribution in [2.75, 3.05) is 25.9 Å². The number of hydrogen-bond donors (Lipinski definition) is 3. The highest BCUT2D eigenvalue weighted by Gasteiger charge is 2.24. The molecule has 4 N–H and O–H groups in total. The quantitative estimate of drug-likeness (QED) is 0.745. The lowest BCUT2D eigenvalue weighted by atomic mass is 9.93. The van der Waals surface area contributed by atoms with E-state index < -0.39 is 0 Å². The number of nitrogen functional groups attached to an aromatic ring is 1. The van der Waals surface area contributed by atoms with Gasteiger partial charge in [-0.3, -0.25) is 4.79 Å². The second-order valence-corrected chi connectivity index (χ2v) is 7.12. The molecular formula is C18H29N3O2. The Morgan fingerprint density at radius 1 is 1.43 bits per heavy atom. The molecule has 0 radical (unpaired) electrons. The number of benzene rings is 1. The molecule has 1 heterocycles. The van der Waals surface area contributed by atoms with Gasteiger partial charge in [-0.15, -0.1) is 0 Å². The Kier molecular flexibility index (Phi) is 5.52. The molecule has 0 aromatic heterocycles. The van der Waals surface area contributed by atoms with Crippen LogP contribution in [0.15, 0.2) is 12.1 Å². The summed E-state index contributed by atoms with van der Waals surface area (Å²) in [6.07, 6.45) is 3.33. The Balaban J connectivity index is 1.99. The summed E-state index contributed by atoms with van der Waals surface area (Å²) in [6, 6.07) is 3.50. The van der Waals surface area contributed by atoms with Crippen molar-refractivity contribution in [3.8, 4) is 5.75 Å². The maximum atomic E-state index is 12.5. The fraction of sp³-hybridized carbons (Fsp3) is 0.611. The molecule has 128 valence electrons. The molecule has 1 saturated heterocycles. The Morgan fingerprint density at radius 2 is 2.17 bits per heavy atom. The fourth-order valence-corrected chi connectivity index (χ4v) is 3.00. The van der Waals surface area contributed by atoms with Crippen LogP contribution in [0.25, 0.3) is 0 Å². The van der Waals surface area contributed by atoms with Crippen molar-refractivity contribution in [3.63, 3.8) is 0 Å². The molecule has 23 heavy (non-hydrogen) atoms. The Labute approximate surface area is 139 Å². The summed E-state index contributed by atoms with van der Waals surface area (Å²) in [5.41, 5.74) is 8.14. The molecule has 0 bridgehead atoms. The van der Waals surface area contributed by atoms with Crippen molar-refractivity contribution >= 4 is 11.6 Å². The first kappa shape index (κ1) is 17.6. The van der Waals surface area contributed by atoms with Gasteiger partial charge in [0.2, 0.25) is 0 Å². The van der Waals surface area contributed by atoms with Gasteiger partial charge in [-0.05, 0) is 64.1 Å². The second-order valence-electron chi connectivity index (χ2n) is 7.12. The van der Waals surface area contributed by atoms with Crippen LogP contribution < -0.4 is 21.1 Å². The highest BCUT2D eigenvalue weighted by atomic mass is 16.5. The molecule has 1 fully saturated rings. The van der Waals surface area contributed by atoms with Crippen LogP contribution in [-0.2, 0) is 0 Å². The molecule has 1 aliphatic heterocycles. The van der Waals surface area contributed by atoms with Crippen molar-refractivity contribution in [1.82, 2.24) is 10.6 Å². The molecule has 0 aliphatic carbocycles. The lowest BCUT2D eigenvalue weighted by Gasteiger charge is -2.23. The third kappa shape index (κ3) is 4.61. The molecule has 1 unspecified atom stereocenters. The second kappa shape index (κ2) is 7.21. The van der Waals surface area contributed by atoms with Crippen molar-refractivity contribution in [2.24, 2.45) is 5.92 Å². The Morgan fingerprint density at radius 3 is 2.87 bits per heavy atom. The van der Waals surface area contributed by atoms with E-state index in [-0.39, 0.29) is 11.4 Å². The zero-order valence-electron chi connectivity index (χ0n) is 14.7. The van der Waals surface area contributed by atoms with Gasteiger partial charge in [0.05, 0.1) is 12.7 Å². The molecule has 1 amide bonds. The summed E-state index contributed by atoms with van der Waals surface area (Å²) in [5.74, 6) is 0.935. The average Bonchev–Trinajstić information content (AvgIpc) is 2.67. The number of nitrogens with one attached hydrogen (secondary N) is 2.